The summed E-state index contributed by atoms with van der Waals surface area (Å²) in [4.78, 5) is 10.1. The molecule has 2 heterocycles. The molecule has 11 aromatic rings. The fourth-order valence-electron chi connectivity index (χ4n) is 8.38. The second kappa shape index (κ2) is 14.6. The molecule has 0 saturated carbocycles. The van der Waals surface area contributed by atoms with Crippen LogP contribution in [0, 0.1) is 0 Å². The van der Waals surface area contributed by atoms with Gasteiger partial charge in [-0.1, -0.05) is 188 Å². The zero-order valence-electron chi connectivity index (χ0n) is 32.1. The Morgan fingerprint density at radius 2 is 0.695 bits per heavy atom. The molecule has 276 valence electrons. The fourth-order valence-corrected chi connectivity index (χ4v) is 8.38. The Morgan fingerprint density at radius 1 is 0.254 bits per heavy atom. The van der Waals surface area contributed by atoms with Gasteiger partial charge in [0, 0.05) is 38.4 Å². The Balaban J connectivity index is 1.01. The Kier molecular flexibility index (Phi) is 8.49. The highest BCUT2D eigenvalue weighted by atomic mass is 16.3. The lowest BCUT2D eigenvalue weighted by Gasteiger charge is -2.11. The Bertz CT molecular complexity index is 3260. The van der Waals surface area contributed by atoms with E-state index in [-0.39, 0.29) is 0 Å². The van der Waals surface area contributed by atoms with Crippen LogP contribution >= 0.6 is 0 Å². The van der Waals surface area contributed by atoms with Crippen LogP contribution in [0.1, 0.15) is 0 Å². The van der Waals surface area contributed by atoms with Crippen molar-refractivity contribution in [2.75, 3.05) is 0 Å². The van der Waals surface area contributed by atoms with Crippen molar-refractivity contribution < 1.29 is 4.42 Å². The number of fused-ring (bicyclic) bond motifs is 5. The van der Waals surface area contributed by atoms with Crippen molar-refractivity contribution in [1.29, 1.82) is 0 Å². The average molecular weight is 753 g/mol. The van der Waals surface area contributed by atoms with E-state index in [1.165, 1.54) is 27.6 Å². The third-order valence-corrected chi connectivity index (χ3v) is 11.3. The van der Waals surface area contributed by atoms with E-state index in [1.807, 2.05) is 36.4 Å². The predicted molar refractivity (Wildman–Crippen MR) is 245 cm³/mol. The molecular formula is C56H36N2O. The molecule has 0 aliphatic rings. The van der Waals surface area contributed by atoms with Crippen LogP contribution < -0.4 is 0 Å². The number of aromatic nitrogens is 2. The van der Waals surface area contributed by atoms with Gasteiger partial charge in [-0.3, -0.25) is 0 Å². The van der Waals surface area contributed by atoms with E-state index in [4.69, 9.17) is 14.4 Å². The van der Waals surface area contributed by atoms with Gasteiger partial charge in [0.25, 0.3) is 0 Å². The summed E-state index contributed by atoms with van der Waals surface area (Å²) >= 11 is 0. The molecule has 3 nitrogen and oxygen atoms in total. The van der Waals surface area contributed by atoms with Crippen molar-refractivity contribution in [3.63, 3.8) is 0 Å². The van der Waals surface area contributed by atoms with Crippen LogP contribution in [0.3, 0.4) is 0 Å². The molecule has 0 spiro atoms. The van der Waals surface area contributed by atoms with Gasteiger partial charge in [0.2, 0.25) is 0 Å². The van der Waals surface area contributed by atoms with Gasteiger partial charge in [0.15, 0.2) is 5.82 Å². The van der Waals surface area contributed by atoms with Crippen molar-refractivity contribution in [1.82, 2.24) is 9.97 Å². The molecule has 59 heavy (non-hydrogen) atoms. The van der Waals surface area contributed by atoms with E-state index >= 15 is 0 Å². The van der Waals surface area contributed by atoms with Crippen molar-refractivity contribution in [3.8, 4) is 78.4 Å². The van der Waals surface area contributed by atoms with Crippen LogP contribution in [-0.4, -0.2) is 9.97 Å². The molecule has 9 aromatic carbocycles. The Hall–Kier alpha value is -7.88. The van der Waals surface area contributed by atoms with E-state index in [0.717, 1.165) is 77.7 Å². The summed E-state index contributed by atoms with van der Waals surface area (Å²) in [5, 5.41) is 4.49. The van der Waals surface area contributed by atoms with Crippen LogP contribution in [0.5, 0.6) is 0 Å². The molecule has 0 aliphatic carbocycles. The molecule has 11 rings (SSSR count). The zero-order chi connectivity index (χ0) is 39.1. The van der Waals surface area contributed by atoms with Crippen LogP contribution in [0.4, 0.5) is 0 Å². The van der Waals surface area contributed by atoms with Crippen LogP contribution in [0.2, 0.25) is 0 Å². The monoisotopic (exact) mass is 752 g/mol. The second-order valence-corrected chi connectivity index (χ2v) is 14.9. The van der Waals surface area contributed by atoms with Crippen molar-refractivity contribution in [2.45, 2.75) is 0 Å². The van der Waals surface area contributed by atoms with E-state index in [0.29, 0.717) is 5.82 Å². The molecule has 0 bridgehead atoms. The summed E-state index contributed by atoms with van der Waals surface area (Å²) in [7, 11) is 0. The first-order valence-corrected chi connectivity index (χ1v) is 20.0. The van der Waals surface area contributed by atoms with Crippen LogP contribution in [0.15, 0.2) is 223 Å². The quantitative estimate of drug-likeness (QED) is 0.163. The number of furan rings is 1. The highest BCUT2D eigenvalue weighted by Gasteiger charge is 2.18. The molecular weight excluding hydrogens is 717 g/mol. The molecule has 0 aliphatic heterocycles. The fraction of sp³-hybridized carbons (Fsp3) is 0. The first kappa shape index (κ1) is 34.4. The number of para-hydroxylation sites is 1. The summed E-state index contributed by atoms with van der Waals surface area (Å²) in [6.07, 6.45) is 0. The topological polar surface area (TPSA) is 38.9 Å². The lowest BCUT2D eigenvalue weighted by atomic mass is 9.93. The third kappa shape index (κ3) is 6.36. The smallest absolute Gasteiger partial charge is 0.160 e. The number of rotatable bonds is 7. The first-order valence-electron chi connectivity index (χ1n) is 20.0. The van der Waals surface area contributed by atoms with Crippen molar-refractivity contribution in [3.05, 3.63) is 218 Å². The third-order valence-electron chi connectivity index (χ3n) is 11.3. The molecule has 0 amide bonds. The van der Waals surface area contributed by atoms with E-state index in [9.17, 15) is 0 Å². The normalized spacial score (nSPS) is 11.4. The SMILES string of the molecule is c1ccc(-c2cccc(-c3cc4c5cccc(-c6cccc(-c7cccc(-c8cc(-c9ccccc9)nc(-c9ccccc9)n8)c7)c6)c5oc4c4ccccc34)c2)cc1. The van der Waals surface area contributed by atoms with Gasteiger partial charge in [-0.05, 0) is 74.7 Å². The standard InChI is InChI=1S/C56H36N2O/c1-4-16-37(17-5-1)40-22-12-26-44(32-40)50-35-51-49-31-15-30-46(54(49)59-55(51)48-29-11-10-28-47(48)50)43-25-13-23-41(33-43)42-24-14-27-45(34-42)53-36-52(38-18-6-2-7-19-38)57-56(58-53)39-20-8-3-9-21-39/h1-36H. The number of hydrogen-bond donors (Lipinski definition) is 0. The molecule has 0 unspecified atom stereocenters. The average Bonchev–Trinajstić information content (AvgIpc) is 3.71. The predicted octanol–water partition coefficient (Wildman–Crippen LogP) is 15.2. The maximum Gasteiger partial charge on any atom is 0.160 e. The van der Waals surface area contributed by atoms with Gasteiger partial charge < -0.3 is 4.42 Å². The maximum atomic E-state index is 6.94. The van der Waals surface area contributed by atoms with Gasteiger partial charge in [-0.15, -0.1) is 0 Å². The molecule has 0 atom stereocenters. The highest BCUT2D eigenvalue weighted by molar-refractivity contribution is 6.20. The minimum atomic E-state index is 0.703. The highest BCUT2D eigenvalue weighted by Crippen LogP contribution is 2.43. The molecule has 0 fully saturated rings. The molecule has 0 saturated heterocycles. The molecule has 0 radical (unpaired) electrons. The maximum absolute atomic E-state index is 6.94. The molecule has 2 aromatic heterocycles. The van der Waals surface area contributed by atoms with E-state index in [2.05, 4.69) is 182 Å². The van der Waals surface area contributed by atoms with Gasteiger partial charge in [-0.2, -0.15) is 0 Å². The van der Waals surface area contributed by atoms with Gasteiger partial charge in [-0.25, -0.2) is 9.97 Å². The van der Waals surface area contributed by atoms with Gasteiger partial charge in [0.05, 0.1) is 11.4 Å². The summed E-state index contributed by atoms with van der Waals surface area (Å²) in [6, 6.07) is 76.8. The van der Waals surface area contributed by atoms with Crippen molar-refractivity contribution >= 4 is 32.7 Å². The van der Waals surface area contributed by atoms with Gasteiger partial charge >= 0.3 is 0 Å². The Morgan fingerprint density at radius 3 is 1.37 bits per heavy atom. The number of nitrogens with zero attached hydrogens (tertiary/aromatic N) is 2. The minimum Gasteiger partial charge on any atom is -0.455 e. The van der Waals surface area contributed by atoms with Crippen molar-refractivity contribution in [2.24, 2.45) is 0 Å². The summed E-state index contributed by atoms with van der Waals surface area (Å²) < 4.78 is 6.94. The van der Waals surface area contributed by atoms with E-state index < -0.39 is 0 Å². The lowest BCUT2D eigenvalue weighted by molar-refractivity contribution is 0.674. The number of hydrogen-bond acceptors (Lipinski definition) is 3. The first-order chi connectivity index (χ1) is 29.2. The zero-order valence-corrected chi connectivity index (χ0v) is 32.1. The second-order valence-electron chi connectivity index (χ2n) is 14.9. The summed E-state index contributed by atoms with van der Waals surface area (Å²) in [5.74, 6) is 0.703. The molecule has 3 heteroatoms. The lowest BCUT2D eigenvalue weighted by Crippen LogP contribution is -1.96. The molecule has 0 N–H and O–H groups in total. The summed E-state index contributed by atoms with van der Waals surface area (Å²) in [5.41, 5.74) is 15.8. The summed E-state index contributed by atoms with van der Waals surface area (Å²) in [6.45, 7) is 0. The largest absolute Gasteiger partial charge is 0.455 e. The minimum absolute atomic E-state index is 0.703. The van der Waals surface area contributed by atoms with Gasteiger partial charge in [0.1, 0.15) is 11.2 Å². The van der Waals surface area contributed by atoms with Crippen LogP contribution in [-0.2, 0) is 0 Å². The van der Waals surface area contributed by atoms with Crippen LogP contribution in [0.25, 0.3) is 111 Å². The number of benzene rings is 9. The van der Waals surface area contributed by atoms with E-state index in [1.54, 1.807) is 0 Å². The Labute approximate surface area is 342 Å².